The van der Waals surface area contributed by atoms with Gasteiger partial charge in [0.15, 0.2) is 11.5 Å². The van der Waals surface area contributed by atoms with Gasteiger partial charge in [0.1, 0.15) is 5.65 Å². The van der Waals surface area contributed by atoms with Gasteiger partial charge in [0.2, 0.25) is 0 Å². The summed E-state index contributed by atoms with van der Waals surface area (Å²) in [5, 5.41) is 12.7. The molecule has 0 spiro atoms. The first kappa shape index (κ1) is 13.9. The largest absolute Gasteiger partial charge is 0.476 e. The molecule has 2 heterocycles. The fourth-order valence-electron chi connectivity index (χ4n) is 3.31. The first-order chi connectivity index (χ1) is 10.1. The average molecular weight is 287 g/mol. The van der Waals surface area contributed by atoms with E-state index in [4.69, 9.17) is 0 Å². The molecule has 5 heteroatoms. The van der Waals surface area contributed by atoms with Gasteiger partial charge in [-0.2, -0.15) is 0 Å². The maximum absolute atomic E-state index is 11.5. The van der Waals surface area contributed by atoms with Gasteiger partial charge in [0.05, 0.1) is 0 Å². The highest BCUT2D eigenvalue weighted by molar-refractivity contribution is 5.92. The summed E-state index contributed by atoms with van der Waals surface area (Å²) >= 11 is 0. The molecule has 0 bridgehead atoms. The number of imidazole rings is 1. The van der Waals surface area contributed by atoms with Crippen LogP contribution in [-0.4, -0.2) is 27.0 Å². The van der Waals surface area contributed by atoms with Crippen LogP contribution in [0.4, 0.5) is 5.82 Å². The van der Waals surface area contributed by atoms with Crippen LogP contribution in [0.25, 0.3) is 5.65 Å². The predicted octanol–water partition coefficient (Wildman–Crippen LogP) is 3.27. The molecule has 2 unspecified atom stereocenters. The van der Waals surface area contributed by atoms with Gasteiger partial charge in [-0.05, 0) is 36.8 Å². The first-order valence-electron chi connectivity index (χ1n) is 7.59. The third-order valence-corrected chi connectivity index (χ3v) is 4.34. The lowest BCUT2D eigenvalue weighted by Crippen LogP contribution is -2.22. The maximum atomic E-state index is 11.5. The number of nitrogens with one attached hydrogen (secondary N) is 1. The molecule has 21 heavy (non-hydrogen) atoms. The van der Waals surface area contributed by atoms with E-state index >= 15 is 0 Å². The van der Waals surface area contributed by atoms with Gasteiger partial charge in [-0.3, -0.25) is 4.40 Å². The fraction of sp³-hybridized carbons (Fsp3) is 0.500. The van der Waals surface area contributed by atoms with Crippen LogP contribution in [0.3, 0.4) is 0 Å². The molecule has 1 saturated carbocycles. The number of hydrogen-bond acceptors (Lipinski definition) is 3. The Morgan fingerprint density at radius 3 is 3.10 bits per heavy atom. The Labute approximate surface area is 124 Å². The second-order valence-corrected chi connectivity index (χ2v) is 6.06. The van der Waals surface area contributed by atoms with Crippen LogP contribution in [0.5, 0.6) is 0 Å². The smallest absolute Gasteiger partial charge is 0.356 e. The van der Waals surface area contributed by atoms with E-state index < -0.39 is 5.97 Å². The third-order valence-electron chi connectivity index (χ3n) is 4.34. The zero-order valence-corrected chi connectivity index (χ0v) is 12.2. The van der Waals surface area contributed by atoms with E-state index in [2.05, 4.69) is 17.2 Å². The summed E-state index contributed by atoms with van der Waals surface area (Å²) in [4.78, 5) is 15.9. The van der Waals surface area contributed by atoms with Crippen molar-refractivity contribution < 1.29 is 9.90 Å². The first-order valence-corrected chi connectivity index (χ1v) is 7.59. The molecular weight excluding hydrogens is 266 g/mol. The summed E-state index contributed by atoms with van der Waals surface area (Å²) in [7, 11) is 0. The number of carbonyl (C=O) groups is 1. The van der Waals surface area contributed by atoms with Crippen molar-refractivity contribution in [3.8, 4) is 0 Å². The van der Waals surface area contributed by atoms with Crippen LogP contribution in [0, 0.1) is 11.8 Å². The minimum atomic E-state index is -0.951. The van der Waals surface area contributed by atoms with Crippen LogP contribution in [0.1, 0.15) is 43.1 Å². The predicted molar refractivity (Wildman–Crippen MR) is 81.8 cm³/mol. The molecule has 2 atom stereocenters. The normalized spacial score (nSPS) is 22.3. The highest BCUT2D eigenvalue weighted by Gasteiger charge is 2.22. The van der Waals surface area contributed by atoms with Gasteiger partial charge in [-0.15, -0.1) is 0 Å². The molecule has 5 nitrogen and oxygen atoms in total. The molecule has 1 aliphatic carbocycles. The molecule has 1 aliphatic rings. The van der Waals surface area contributed by atoms with Crippen molar-refractivity contribution in [2.75, 3.05) is 11.9 Å². The van der Waals surface area contributed by atoms with E-state index in [-0.39, 0.29) is 5.69 Å². The van der Waals surface area contributed by atoms with Crippen molar-refractivity contribution in [1.82, 2.24) is 9.38 Å². The number of carboxylic acid groups (broad SMARTS) is 1. The number of aromatic carboxylic acids is 1. The van der Waals surface area contributed by atoms with Crippen LogP contribution in [-0.2, 0) is 0 Å². The standard InChI is InChI=1S/C16H21N3O2/c1-11-5-4-6-12(9-11)10-17-15-14(16(20)21)19-8-3-2-7-13(19)18-15/h2-3,7-8,11-12,17H,4-6,9-10H2,1H3,(H,20,21). The van der Waals surface area contributed by atoms with Crippen molar-refractivity contribution in [2.24, 2.45) is 11.8 Å². The Morgan fingerprint density at radius 2 is 2.33 bits per heavy atom. The molecule has 1 fully saturated rings. The molecule has 0 amide bonds. The molecule has 2 aromatic rings. The van der Waals surface area contributed by atoms with Gasteiger partial charge in [-0.25, -0.2) is 9.78 Å². The number of aromatic nitrogens is 2. The molecule has 0 aromatic carbocycles. The highest BCUT2D eigenvalue weighted by Crippen LogP contribution is 2.29. The number of rotatable bonds is 4. The van der Waals surface area contributed by atoms with Gasteiger partial charge < -0.3 is 10.4 Å². The minimum Gasteiger partial charge on any atom is -0.476 e. The summed E-state index contributed by atoms with van der Waals surface area (Å²) in [6.45, 7) is 3.09. The molecule has 2 aromatic heterocycles. The minimum absolute atomic E-state index is 0.217. The van der Waals surface area contributed by atoms with Crippen LogP contribution >= 0.6 is 0 Å². The van der Waals surface area contributed by atoms with Gasteiger partial charge >= 0.3 is 5.97 Å². The Kier molecular flexibility index (Phi) is 3.82. The zero-order valence-electron chi connectivity index (χ0n) is 12.2. The number of nitrogens with zero attached hydrogens (tertiary/aromatic N) is 2. The van der Waals surface area contributed by atoms with Crippen LogP contribution in [0.15, 0.2) is 24.4 Å². The van der Waals surface area contributed by atoms with E-state index in [1.54, 1.807) is 10.6 Å². The van der Waals surface area contributed by atoms with E-state index in [1.807, 2.05) is 18.2 Å². The number of carboxylic acids is 1. The summed E-state index contributed by atoms with van der Waals surface area (Å²) < 4.78 is 1.62. The molecule has 0 aliphatic heterocycles. The van der Waals surface area contributed by atoms with Crippen molar-refractivity contribution in [2.45, 2.75) is 32.6 Å². The third kappa shape index (κ3) is 2.86. The lowest BCUT2D eigenvalue weighted by Gasteiger charge is -2.26. The molecule has 0 radical (unpaired) electrons. The van der Waals surface area contributed by atoms with Crippen molar-refractivity contribution in [3.05, 3.63) is 30.1 Å². The summed E-state index contributed by atoms with van der Waals surface area (Å²) in [6.07, 6.45) is 6.74. The van der Waals surface area contributed by atoms with Gasteiger partial charge in [0, 0.05) is 12.7 Å². The van der Waals surface area contributed by atoms with Crippen molar-refractivity contribution in [1.29, 1.82) is 0 Å². The monoisotopic (exact) mass is 287 g/mol. The molecule has 112 valence electrons. The SMILES string of the molecule is CC1CCCC(CNc2nc3ccccn3c2C(=O)O)C1. The Hall–Kier alpha value is -2.04. The number of fused-ring (bicyclic) bond motifs is 1. The van der Waals surface area contributed by atoms with Crippen molar-refractivity contribution >= 4 is 17.4 Å². The van der Waals surface area contributed by atoms with Crippen LogP contribution in [0.2, 0.25) is 0 Å². The quantitative estimate of drug-likeness (QED) is 0.905. The zero-order chi connectivity index (χ0) is 14.8. The van der Waals surface area contributed by atoms with Gasteiger partial charge in [-0.1, -0.05) is 25.8 Å². The summed E-state index contributed by atoms with van der Waals surface area (Å²) in [6, 6.07) is 5.49. The summed E-state index contributed by atoms with van der Waals surface area (Å²) in [5.41, 5.74) is 0.879. The molecule has 0 saturated heterocycles. The Bertz CT molecular complexity index is 650. The van der Waals surface area contributed by atoms with Crippen molar-refractivity contribution in [3.63, 3.8) is 0 Å². The molecule has 2 N–H and O–H groups in total. The number of hydrogen-bond donors (Lipinski definition) is 2. The van der Waals surface area contributed by atoms with E-state index in [0.717, 1.165) is 12.5 Å². The average Bonchev–Trinajstić information content (AvgIpc) is 2.83. The Morgan fingerprint density at radius 1 is 1.48 bits per heavy atom. The van der Waals surface area contributed by atoms with Crippen LogP contribution < -0.4 is 5.32 Å². The van der Waals surface area contributed by atoms with Gasteiger partial charge in [0.25, 0.3) is 0 Å². The highest BCUT2D eigenvalue weighted by atomic mass is 16.4. The summed E-state index contributed by atoms with van der Waals surface area (Å²) in [5.74, 6) is 0.908. The van der Waals surface area contributed by atoms with E-state index in [0.29, 0.717) is 17.4 Å². The fourth-order valence-corrected chi connectivity index (χ4v) is 3.31. The second kappa shape index (κ2) is 5.76. The lowest BCUT2D eigenvalue weighted by atomic mass is 9.82. The Balaban J connectivity index is 1.80. The molecule has 3 rings (SSSR count). The van der Waals surface area contributed by atoms with E-state index in [1.165, 1.54) is 25.7 Å². The lowest BCUT2D eigenvalue weighted by molar-refractivity contribution is 0.0690. The van der Waals surface area contributed by atoms with E-state index in [9.17, 15) is 9.90 Å². The number of pyridine rings is 1. The topological polar surface area (TPSA) is 66.6 Å². The number of anilines is 1. The molecular formula is C16H21N3O2. The maximum Gasteiger partial charge on any atom is 0.356 e. The second-order valence-electron chi connectivity index (χ2n) is 6.06.